The number of rotatable bonds is 6. The van der Waals surface area contributed by atoms with E-state index in [4.69, 9.17) is 14.4 Å². The number of aliphatic carboxylic acids is 1. The van der Waals surface area contributed by atoms with Gasteiger partial charge in [0, 0.05) is 5.39 Å². The average molecular weight is 458 g/mol. The van der Waals surface area contributed by atoms with Crippen LogP contribution in [-0.2, 0) is 21.7 Å². The van der Waals surface area contributed by atoms with Gasteiger partial charge in [-0.15, -0.1) is 0 Å². The summed E-state index contributed by atoms with van der Waals surface area (Å²) in [5.41, 5.74) is 1.29. The summed E-state index contributed by atoms with van der Waals surface area (Å²) in [7, 11) is 0. The summed E-state index contributed by atoms with van der Waals surface area (Å²) in [6.45, 7) is 1.06. The van der Waals surface area contributed by atoms with Crippen molar-refractivity contribution in [3.05, 3.63) is 95.5 Å². The predicted molar refractivity (Wildman–Crippen MR) is 121 cm³/mol. The highest BCUT2D eigenvalue weighted by molar-refractivity contribution is 5.86. The molecule has 34 heavy (non-hydrogen) atoms. The summed E-state index contributed by atoms with van der Waals surface area (Å²) in [5, 5.41) is 21.8. The zero-order valence-corrected chi connectivity index (χ0v) is 18.0. The van der Waals surface area contributed by atoms with Crippen molar-refractivity contribution in [3.63, 3.8) is 0 Å². The van der Waals surface area contributed by atoms with Gasteiger partial charge in [0.05, 0.1) is 11.6 Å². The summed E-state index contributed by atoms with van der Waals surface area (Å²) in [6.07, 6.45) is -0.969. The van der Waals surface area contributed by atoms with Crippen LogP contribution in [0.25, 0.3) is 22.1 Å². The number of carbonyl (C=O) groups excluding carboxylic acids is 1. The van der Waals surface area contributed by atoms with E-state index in [9.17, 15) is 19.1 Å². The number of carboxylic acid groups (broad SMARTS) is 1. The standard InChI is InChI=1S/C26H19FN2O5/c1-26(24(30)31,20-6-8-21(27)9-7-20)29-25(32)33-15-22-13-19-12-18(5-10-23(19)34-22)17-4-2-3-16(11-17)14-28/h2-13H,15H2,1H3,(H,29,32)(H,30,31). The summed E-state index contributed by atoms with van der Waals surface area (Å²) in [5.74, 6) is -1.48. The molecule has 0 spiro atoms. The molecule has 0 bridgehead atoms. The Bertz CT molecular complexity index is 1420. The molecule has 0 aliphatic heterocycles. The molecule has 0 aliphatic carbocycles. The molecule has 1 amide bonds. The fraction of sp³-hybridized carbons (Fsp3) is 0.115. The van der Waals surface area contributed by atoms with Gasteiger partial charge in [-0.25, -0.2) is 14.0 Å². The minimum Gasteiger partial charge on any atom is -0.479 e. The Hall–Kier alpha value is -4.64. The molecule has 0 fully saturated rings. The lowest BCUT2D eigenvalue weighted by Gasteiger charge is -2.26. The average Bonchev–Trinajstić information content (AvgIpc) is 3.25. The SMILES string of the molecule is CC(NC(=O)OCc1cc2cc(-c3cccc(C#N)c3)ccc2o1)(C(=O)O)c1ccc(F)cc1. The molecule has 0 radical (unpaired) electrons. The van der Waals surface area contributed by atoms with E-state index in [2.05, 4.69) is 11.4 Å². The number of amides is 1. The van der Waals surface area contributed by atoms with Crippen LogP contribution >= 0.6 is 0 Å². The van der Waals surface area contributed by atoms with E-state index < -0.39 is 23.4 Å². The Morgan fingerprint density at radius 2 is 1.82 bits per heavy atom. The highest BCUT2D eigenvalue weighted by Crippen LogP contribution is 2.28. The van der Waals surface area contributed by atoms with E-state index in [1.165, 1.54) is 19.1 Å². The number of fused-ring (bicyclic) bond motifs is 1. The number of nitrogens with zero attached hydrogens (tertiary/aromatic N) is 1. The van der Waals surface area contributed by atoms with Gasteiger partial charge in [-0.05, 0) is 66.1 Å². The molecule has 170 valence electrons. The minimum atomic E-state index is -1.81. The summed E-state index contributed by atoms with van der Waals surface area (Å²) >= 11 is 0. The highest BCUT2D eigenvalue weighted by atomic mass is 19.1. The van der Waals surface area contributed by atoms with Crippen LogP contribution in [-0.4, -0.2) is 17.2 Å². The van der Waals surface area contributed by atoms with Crippen LogP contribution in [0.15, 0.2) is 77.2 Å². The molecule has 2 N–H and O–H groups in total. The molecule has 7 nitrogen and oxygen atoms in total. The molecule has 1 unspecified atom stereocenters. The van der Waals surface area contributed by atoms with E-state index in [1.54, 1.807) is 24.3 Å². The molecule has 0 saturated carbocycles. The quantitative estimate of drug-likeness (QED) is 0.403. The lowest BCUT2D eigenvalue weighted by molar-refractivity contribution is -0.144. The summed E-state index contributed by atoms with van der Waals surface area (Å²) in [4.78, 5) is 24.2. The van der Waals surface area contributed by atoms with E-state index >= 15 is 0 Å². The fourth-order valence-corrected chi connectivity index (χ4v) is 3.53. The number of furan rings is 1. The van der Waals surface area contributed by atoms with Crippen molar-refractivity contribution in [3.8, 4) is 17.2 Å². The fourth-order valence-electron chi connectivity index (χ4n) is 3.53. The number of benzene rings is 3. The van der Waals surface area contributed by atoms with Crippen molar-refractivity contribution in [2.24, 2.45) is 0 Å². The maximum atomic E-state index is 13.2. The second-order valence-electron chi connectivity index (χ2n) is 7.80. The predicted octanol–water partition coefficient (Wildman–Crippen LogP) is 5.34. The Morgan fingerprint density at radius 3 is 2.53 bits per heavy atom. The van der Waals surface area contributed by atoms with Crippen LogP contribution in [0.5, 0.6) is 0 Å². The molecule has 3 aromatic carbocycles. The van der Waals surface area contributed by atoms with Crippen LogP contribution in [0.1, 0.15) is 23.8 Å². The van der Waals surface area contributed by atoms with E-state index in [1.807, 2.05) is 24.3 Å². The van der Waals surface area contributed by atoms with Gasteiger partial charge >= 0.3 is 12.1 Å². The number of halogens is 1. The molecule has 1 heterocycles. The third kappa shape index (κ3) is 4.59. The monoisotopic (exact) mass is 458 g/mol. The van der Waals surface area contributed by atoms with Crippen molar-refractivity contribution >= 4 is 23.0 Å². The first-order valence-electron chi connectivity index (χ1n) is 10.3. The summed E-state index contributed by atoms with van der Waals surface area (Å²) < 4.78 is 24.1. The molecule has 8 heteroatoms. The molecule has 1 aromatic heterocycles. The van der Waals surface area contributed by atoms with Gasteiger partial charge in [0.1, 0.15) is 17.2 Å². The Kier molecular flexibility index (Phi) is 6.02. The maximum absolute atomic E-state index is 13.2. The molecule has 1 atom stereocenters. The second kappa shape index (κ2) is 9.08. The van der Waals surface area contributed by atoms with E-state index in [-0.39, 0.29) is 12.2 Å². The van der Waals surface area contributed by atoms with Crippen LogP contribution in [0.4, 0.5) is 9.18 Å². The number of nitriles is 1. The van der Waals surface area contributed by atoms with Crippen molar-refractivity contribution in [1.29, 1.82) is 5.26 Å². The van der Waals surface area contributed by atoms with Gasteiger partial charge in [-0.3, -0.25) is 0 Å². The third-order valence-electron chi connectivity index (χ3n) is 5.44. The van der Waals surface area contributed by atoms with Crippen LogP contribution in [0, 0.1) is 17.1 Å². The molecule has 0 saturated heterocycles. The number of hydrogen-bond donors (Lipinski definition) is 2. The van der Waals surface area contributed by atoms with Gasteiger partial charge in [0.15, 0.2) is 12.1 Å². The Morgan fingerprint density at radius 1 is 1.09 bits per heavy atom. The molecular formula is C26H19FN2O5. The zero-order valence-electron chi connectivity index (χ0n) is 18.0. The number of carbonyl (C=O) groups is 2. The maximum Gasteiger partial charge on any atom is 0.408 e. The Balaban J connectivity index is 1.47. The highest BCUT2D eigenvalue weighted by Gasteiger charge is 2.37. The van der Waals surface area contributed by atoms with Crippen molar-refractivity contribution < 1.29 is 28.2 Å². The number of nitrogens with one attached hydrogen (secondary N) is 1. The van der Waals surface area contributed by atoms with Crippen LogP contribution < -0.4 is 5.32 Å². The van der Waals surface area contributed by atoms with Crippen LogP contribution in [0.3, 0.4) is 0 Å². The molecule has 4 rings (SSSR count). The van der Waals surface area contributed by atoms with Crippen molar-refractivity contribution in [1.82, 2.24) is 5.32 Å². The van der Waals surface area contributed by atoms with Crippen LogP contribution in [0.2, 0.25) is 0 Å². The van der Waals surface area contributed by atoms with Gasteiger partial charge in [-0.1, -0.05) is 30.3 Å². The molecule has 0 aliphatic rings. The smallest absolute Gasteiger partial charge is 0.408 e. The largest absolute Gasteiger partial charge is 0.479 e. The third-order valence-corrected chi connectivity index (χ3v) is 5.44. The second-order valence-corrected chi connectivity index (χ2v) is 7.80. The first kappa shape index (κ1) is 22.6. The lowest BCUT2D eigenvalue weighted by Crippen LogP contribution is -2.49. The van der Waals surface area contributed by atoms with Gasteiger partial charge in [-0.2, -0.15) is 5.26 Å². The normalized spacial score (nSPS) is 12.5. The van der Waals surface area contributed by atoms with Gasteiger partial charge < -0.3 is 19.6 Å². The van der Waals surface area contributed by atoms with Gasteiger partial charge in [0.25, 0.3) is 0 Å². The zero-order chi connectivity index (χ0) is 24.3. The molecule has 4 aromatic rings. The number of alkyl carbamates (subject to hydrolysis) is 1. The van der Waals surface area contributed by atoms with Crippen molar-refractivity contribution in [2.45, 2.75) is 19.1 Å². The van der Waals surface area contributed by atoms with E-state index in [0.717, 1.165) is 28.6 Å². The van der Waals surface area contributed by atoms with Gasteiger partial charge in [0.2, 0.25) is 0 Å². The number of carboxylic acids is 1. The topological polar surface area (TPSA) is 113 Å². The van der Waals surface area contributed by atoms with Crippen molar-refractivity contribution in [2.75, 3.05) is 0 Å². The minimum absolute atomic E-state index is 0.190. The number of hydrogen-bond acceptors (Lipinski definition) is 5. The lowest BCUT2D eigenvalue weighted by atomic mass is 9.92. The summed E-state index contributed by atoms with van der Waals surface area (Å²) in [6, 6.07) is 21.4. The Labute approximate surface area is 194 Å². The number of ether oxygens (including phenoxy) is 1. The first-order valence-corrected chi connectivity index (χ1v) is 10.3. The first-order chi connectivity index (χ1) is 16.3. The van der Waals surface area contributed by atoms with E-state index in [0.29, 0.717) is 16.9 Å². The molecular weight excluding hydrogens is 439 g/mol.